The van der Waals surface area contributed by atoms with Gasteiger partial charge in [-0.1, -0.05) is 66.7 Å². The maximum atomic E-state index is 13.3. The zero-order valence-corrected chi connectivity index (χ0v) is 15.9. The molecule has 0 saturated carbocycles. The number of hydrogen-bond acceptors (Lipinski definition) is 2. The van der Waals surface area contributed by atoms with Crippen molar-refractivity contribution >= 4 is 64.6 Å². The molecule has 0 amide bonds. The second-order valence-corrected chi connectivity index (χ2v) is 8.02. The molecule has 0 N–H and O–H groups in total. The van der Waals surface area contributed by atoms with E-state index in [4.69, 9.17) is 0 Å². The molecule has 0 heterocycles. The first kappa shape index (κ1) is 15.8. The normalized spacial score (nSPS) is 12.3. The smallest absolute Gasteiger partial charge is 0.194 e. The van der Waals surface area contributed by atoms with Gasteiger partial charge in [0, 0.05) is 26.9 Å². The van der Waals surface area contributed by atoms with E-state index in [0.29, 0.717) is 16.2 Å². The van der Waals surface area contributed by atoms with Crippen LogP contribution >= 0.6 is 0 Å². The van der Waals surface area contributed by atoms with Gasteiger partial charge in [-0.3, -0.25) is 9.59 Å². The van der Waals surface area contributed by atoms with Gasteiger partial charge in [-0.05, 0) is 55.9 Å². The largest absolute Gasteiger partial charge is 0.289 e. The van der Waals surface area contributed by atoms with E-state index in [-0.39, 0.29) is 10.9 Å². The van der Waals surface area contributed by atoms with Crippen molar-refractivity contribution in [2.75, 3.05) is 0 Å². The van der Waals surface area contributed by atoms with Crippen LogP contribution in [0.2, 0.25) is 0 Å². The van der Waals surface area contributed by atoms with Crippen LogP contribution < -0.4 is 10.9 Å². The molecule has 0 unspecified atom stereocenters. The molecule has 138 valence electrons. The molecule has 0 radical (unpaired) electrons. The highest BCUT2D eigenvalue weighted by Crippen LogP contribution is 2.38. The summed E-state index contributed by atoms with van der Waals surface area (Å²) in [7, 11) is 0. The van der Waals surface area contributed by atoms with Crippen molar-refractivity contribution < 1.29 is 0 Å². The highest BCUT2D eigenvalue weighted by molar-refractivity contribution is 6.31. The van der Waals surface area contributed by atoms with Crippen molar-refractivity contribution in [3.05, 3.63) is 105 Å². The predicted molar refractivity (Wildman–Crippen MR) is 126 cm³/mol. The summed E-state index contributed by atoms with van der Waals surface area (Å²) in [4.78, 5) is 26.3. The second kappa shape index (κ2) is 5.31. The number of fused-ring (bicyclic) bond motifs is 10. The fourth-order valence-corrected chi connectivity index (χ4v) is 5.18. The van der Waals surface area contributed by atoms with E-state index in [1.54, 1.807) is 0 Å². The van der Waals surface area contributed by atoms with Crippen LogP contribution in [0.15, 0.2) is 94.5 Å². The molecule has 0 atom stereocenters. The number of benzene rings is 5. The molecule has 0 fully saturated rings. The molecule has 2 nitrogen and oxygen atoms in total. The van der Waals surface area contributed by atoms with Crippen molar-refractivity contribution in [1.29, 1.82) is 0 Å². The quantitative estimate of drug-likeness (QED) is 0.293. The zero-order chi connectivity index (χ0) is 20.0. The summed E-state index contributed by atoms with van der Waals surface area (Å²) < 4.78 is 0. The van der Waals surface area contributed by atoms with Crippen LogP contribution in [0.1, 0.15) is 0 Å². The van der Waals surface area contributed by atoms with E-state index in [9.17, 15) is 9.59 Å². The lowest BCUT2D eigenvalue weighted by atomic mass is 9.97. The van der Waals surface area contributed by atoms with Crippen LogP contribution in [-0.2, 0) is 0 Å². The van der Waals surface area contributed by atoms with Crippen LogP contribution in [0.3, 0.4) is 0 Å². The van der Waals surface area contributed by atoms with Gasteiger partial charge < -0.3 is 0 Å². The van der Waals surface area contributed by atoms with E-state index in [2.05, 4.69) is 30.3 Å². The van der Waals surface area contributed by atoms with Gasteiger partial charge in [0.25, 0.3) is 0 Å². The first-order valence-corrected chi connectivity index (χ1v) is 10.0. The molecule has 0 aliphatic rings. The van der Waals surface area contributed by atoms with Gasteiger partial charge in [-0.15, -0.1) is 0 Å². The molecule has 0 saturated heterocycles. The Morgan fingerprint density at radius 2 is 0.967 bits per heavy atom. The zero-order valence-electron chi connectivity index (χ0n) is 15.9. The Labute approximate surface area is 170 Å². The topological polar surface area (TPSA) is 34.1 Å². The van der Waals surface area contributed by atoms with Crippen molar-refractivity contribution in [2.45, 2.75) is 0 Å². The molecule has 0 aromatic heterocycles. The van der Waals surface area contributed by atoms with Crippen LogP contribution in [0.4, 0.5) is 0 Å². The van der Waals surface area contributed by atoms with E-state index in [1.807, 2.05) is 54.6 Å². The molecule has 7 aromatic rings. The minimum Gasteiger partial charge on any atom is -0.289 e. The SMILES string of the molecule is O=c1c2ccccc2c2cc3c(cc12)c(=O)c1ccc2ccc4ccccc4c2c13. The summed E-state index contributed by atoms with van der Waals surface area (Å²) in [5.41, 5.74) is 0.00357. The van der Waals surface area contributed by atoms with Gasteiger partial charge in [-0.25, -0.2) is 0 Å². The van der Waals surface area contributed by atoms with Crippen molar-refractivity contribution in [3.8, 4) is 0 Å². The third-order valence-electron chi connectivity index (χ3n) is 6.53. The summed E-state index contributed by atoms with van der Waals surface area (Å²) in [5.74, 6) is 0. The van der Waals surface area contributed by atoms with Crippen LogP contribution in [0, 0.1) is 0 Å². The summed E-state index contributed by atoms with van der Waals surface area (Å²) in [6, 6.07) is 28.0. The number of rotatable bonds is 0. The van der Waals surface area contributed by atoms with E-state index in [0.717, 1.165) is 48.5 Å². The van der Waals surface area contributed by atoms with Gasteiger partial charge >= 0.3 is 0 Å². The number of hydrogen-bond donors (Lipinski definition) is 0. The maximum Gasteiger partial charge on any atom is 0.194 e. The fraction of sp³-hybridized carbons (Fsp3) is 0. The van der Waals surface area contributed by atoms with Crippen LogP contribution in [0.5, 0.6) is 0 Å². The molecule has 7 aromatic carbocycles. The molecule has 0 spiro atoms. The van der Waals surface area contributed by atoms with Gasteiger partial charge in [0.05, 0.1) is 0 Å². The van der Waals surface area contributed by atoms with E-state index < -0.39 is 0 Å². The Morgan fingerprint density at radius 1 is 0.367 bits per heavy atom. The predicted octanol–water partition coefficient (Wildman–Crippen LogP) is 6.20. The molecule has 0 aliphatic carbocycles. The lowest BCUT2D eigenvalue weighted by molar-refractivity contribution is 1.79. The van der Waals surface area contributed by atoms with Crippen LogP contribution in [0.25, 0.3) is 64.6 Å². The monoisotopic (exact) mass is 382 g/mol. The summed E-state index contributed by atoms with van der Waals surface area (Å²) >= 11 is 0. The third kappa shape index (κ3) is 1.79. The average Bonchev–Trinajstić information content (AvgIpc) is 3.24. The third-order valence-corrected chi connectivity index (χ3v) is 6.53. The van der Waals surface area contributed by atoms with Gasteiger partial charge in [0.15, 0.2) is 10.9 Å². The highest BCUT2D eigenvalue weighted by Gasteiger charge is 2.18. The Balaban J connectivity index is 1.83. The Kier molecular flexibility index (Phi) is 2.80. The maximum absolute atomic E-state index is 13.3. The average molecular weight is 382 g/mol. The fourth-order valence-electron chi connectivity index (χ4n) is 5.18. The molecule has 0 bridgehead atoms. The standard InChI is InChI=1S/C28H14O2/c29-27-19-8-4-3-7-18(19)21-13-22-24(14-23(21)27)28(30)20-12-11-16-10-9-15-5-1-2-6-17(15)25(16)26(20)22/h1-14H. The molecular formula is C28H14O2. The lowest BCUT2D eigenvalue weighted by Gasteiger charge is -2.06. The van der Waals surface area contributed by atoms with Gasteiger partial charge in [0.2, 0.25) is 0 Å². The molecule has 2 heteroatoms. The summed E-state index contributed by atoms with van der Waals surface area (Å²) in [5, 5.41) is 11.0. The minimum absolute atomic E-state index is 0.00129. The van der Waals surface area contributed by atoms with Crippen molar-refractivity contribution in [1.82, 2.24) is 0 Å². The second-order valence-electron chi connectivity index (χ2n) is 8.02. The minimum atomic E-state index is 0.00129. The van der Waals surface area contributed by atoms with Gasteiger partial charge in [0.1, 0.15) is 0 Å². The Bertz CT molecular complexity index is 1930. The van der Waals surface area contributed by atoms with E-state index >= 15 is 0 Å². The molecule has 0 aliphatic heterocycles. The summed E-state index contributed by atoms with van der Waals surface area (Å²) in [6.07, 6.45) is 0. The molecule has 30 heavy (non-hydrogen) atoms. The van der Waals surface area contributed by atoms with Crippen molar-refractivity contribution in [2.24, 2.45) is 0 Å². The molecule has 7 rings (SSSR count). The summed E-state index contributed by atoms with van der Waals surface area (Å²) in [6.45, 7) is 0. The Morgan fingerprint density at radius 3 is 1.83 bits per heavy atom. The van der Waals surface area contributed by atoms with E-state index in [1.165, 1.54) is 0 Å². The van der Waals surface area contributed by atoms with Gasteiger partial charge in [-0.2, -0.15) is 0 Å². The first-order valence-electron chi connectivity index (χ1n) is 10.0. The Hall–Kier alpha value is -4.04. The lowest BCUT2D eigenvalue weighted by Crippen LogP contribution is -1.96. The van der Waals surface area contributed by atoms with Crippen molar-refractivity contribution in [3.63, 3.8) is 0 Å². The highest BCUT2D eigenvalue weighted by atomic mass is 16.1. The first-order chi connectivity index (χ1) is 14.7. The van der Waals surface area contributed by atoms with Crippen LogP contribution in [-0.4, -0.2) is 0 Å². The molecular weight excluding hydrogens is 368 g/mol.